The summed E-state index contributed by atoms with van der Waals surface area (Å²) in [7, 11) is 1.85. The first-order valence-corrected chi connectivity index (χ1v) is 12.2. The zero-order chi connectivity index (χ0) is 26.9. The van der Waals surface area contributed by atoms with Gasteiger partial charge in [-0.05, 0) is 53.8 Å². The fraction of sp³-hybridized carbons (Fsp3) is 0.103. The van der Waals surface area contributed by atoms with Gasteiger partial charge in [-0.25, -0.2) is 9.50 Å². The number of carbonyl (C=O) groups is 1. The van der Waals surface area contributed by atoms with Crippen LogP contribution < -0.4 is 11.1 Å². The van der Waals surface area contributed by atoms with Gasteiger partial charge >= 0.3 is 0 Å². The Labute approximate surface area is 223 Å². The van der Waals surface area contributed by atoms with E-state index in [1.54, 1.807) is 29.3 Å². The predicted molar refractivity (Wildman–Crippen MR) is 147 cm³/mol. The van der Waals surface area contributed by atoms with E-state index in [0.717, 1.165) is 27.6 Å². The largest absolute Gasteiger partial charge is 0.381 e. The number of carbonyl (C=O) groups excluding carboxylic acids is 1. The van der Waals surface area contributed by atoms with Crippen LogP contribution in [0, 0.1) is 11.8 Å². The average Bonchev–Trinajstić information content (AvgIpc) is 3.52. The fourth-order valence-corrected chi connectivity index (χ4v) is 4.53. The molecule has 0 unspecified atom stereocenters. The number of hydrogen-bond acceptors (Lipinski definition) is 7. The van der Waals surface area contributed by atoms with Gasteiger partial charge in [0.25, 0.3) is 5.91 Å². The molecule has 2 aromatic carbocycles. The van der Waals surface area contributed by atoms with Crippen molar-refractivity contribution in [1.82, 2.24) is 39.9 Å². The molecular weight excluding hydrogens is 490 g/mol. The van der Waals surface area contributed by atoms with Crippen molar-refractivity contribution in [3.8, 4) is 23.0 Å². The number of hydrogen-bond donors (Lipinski definition) is 2. The molecule has 0 bridgehead atoms. The maximum Gasteiger partial charge on any atom is 0.259 e. The monoisotopic (exact) mass is 513 g/mol. The Kier molecular flexibility index (Phi) is 5.93. The van der Waals surface area contributed by atoms with E-state index in [2.05, 4.69) is 42.5 Å². The van der Waals surface area contributed by atoms with E-state index in [0.29, 0.717) is 16.9 Å². The van der Waals surface area contributed by atoms with Gasteiger partial charge in [-0.2, -0.15) is 15.3 Å². The summed E-state index contributed by atoms with van der Waals surface area (Å²) >= 11 is 0. The number of nitrogens with zero attached hydrogens (tertiary/aromatic N) is 7. The van der Waals surface area contributed by atoms with Crippen LogP contribution in [0.2, 0.25) is 0 Å². The van der Waals surface area contributed by atoms with Crippen molar-refractivity contribution in [2.45, 2.75) is 13.0 Å². The predicted octanol–water partition coefficient (Wildman–Crippen LogP) is 3.55. The van der Waals surface area contributed by atoms with Crippen LogP contribution in [0.1, 0.15) is 40.1 Å². The summed E-state index contributed by atoms with van der Waals surface area (Å²) in [6.45, 7) is 1.92. The SMILES string of the molecule is C[C@@H](NC(=O)c1c(N)nn2cccnc12)c1cc2nncc(C#Cc3ccn(C)n3)c2cc1-c1ccccc1. The second kappa shape index (κ2) is 9.72. The minimum Gasteiger partial charge on any atom is -0.381 e. The topological polar surface area (TPSA) is 129 Å². The van der Waals surface area contributed by atoms with Gasteiger partial charge in [0.05, 0.1) is 23.3 Å². The lowest BCUT2D eigenvalue weighted by Gasteiger charge is -2.19. The number of aromatic nitrogens is 7. The third-order valence-corrected chi connectivity index (χ3v) is 6.40. The Hall–Kier alpha value is -5.56. The molecule has 190 valence electrons. The molecule has 0 aliphatic rings. The van der Waals surface area contributed by atoms with Crippen LogP contribution in [0.4, 0.5) is 5.82 Å². The zero-order valence-electron chi connectivity index (χ0n) is 21.2. The van der Waals surface area contributed by atoms with Crippen molar-refractivity contribution in [1.29, 1.82) is 0 Å². The highest BCUT2D eigenvalue weighted by Crippen LogP contribution is 2.33. The molecular formula is C29H23N9O. The molecule has 6 aromatic rings. The normalized spacial score (nSPS) is 11.7. The van der Waals surface area contributed by atoms with Gasteiger partial charge < -0.3 is 11.1 Å². The Balaban J connectivity index is 1.43. The molecule has 0 saturated carbocycles. The Morgan fingerprint density at radius 2 is 1.90 bits per heavy atom. The summed E-state index contributed by atoms with van der Waals surface area (Å²) in [5, 5.41) is 21.0. The molecule has 4 heterocycles. The number of fused-ring (bicyclic) bond motifs is 2. The molecule has 0 spiro atoms. The van der Waals surface area contributed by atoms with Crippen LogP contribution in [-0.4, -0.2) is 40.5 Å². The van der Waals surface area contributed by atoms with Crippen LogP contribution in [0.15, 0.2) is 79.4 Å². The Morgan fingerprint density at radius 1 is 1.05 bits per heavy atom. The van der Waals surface area contributed by atoms with Crippen molar-refractivity contribution in [2.24, 2.45) is 7.05 Å². The molecule has 0 saturated heterocycles. The molecule has 10 heteroatoms. The third-order valence-electron chi connectivity index (χ3n) is 6.40. The van der Waals surface area contributed by atoms with Crippen LogP contribution in [0.25, 0.3) is 27.7 Å². The molecule has 1 amide bonds. The summed E-state index contributed by atoms with van der Waals surface area (Å²) in [4.78, 5) is 17.7. The van der Waals surface area contributed by atoms with Crippen molar-refractivity contribution >= 4 is 28.3 Å². The standard InChI is InChI=1S/C29H23N9O/c1-18(33-29(39)26-27(30)36-38-13-6-12-31-28(26)38)22-16-25-24(15-23(22)19-7-4-3-5-8-19)20(17-32-34-25)9-10-21-11-14-37(2)35-21/h3-8,11-18H,1-2H3,(H2,30,36)(H,33,39)/t18-/m1/s1. The molecule has 6 rings (SSSR count). The number of nitrogen functional groups attached to an aromatic ring is 1. The second-order valence-corrected chi connectivity index (χ2v) is 9.05. The summed E-state index contributed by atoms with van der Waals surface area (Å²) in [6, 6.07) is 17.1. The first kappa shape index (κ1) is 23.8. The highest BCUT2D eigenvalue weighted by molar-refractivity contribution is 6.04. The third kappa shape index (κ3) is 4.53. The van der Waals surface area contributed by atoms with E-state index in [9.17, 15) is 4.79 Å². The van der Waals surface area contributed by atoms with E-state index in [-0.39, 0.29) is 17.3 Å². The summed E-state index contributed by atoms with van der Waals surface area (Å²) < 4.78 is 3.20. The van der Waals surface area contributed by atoms with E-state index in [1.807, 2.05) is 68.7 Å². The van der Waals surface area contributed by atoms with E-state index in [4.69, 9.17) is 5.73 Å². The van der Waals surface area contributed by atoms with Crippen molar-refractivity contribution < 1.29 is 4.79 Å². The maximum absolute atomic E-state index is 13.4. The lowest BCUT2D eigenvalue weighted by Crippen LogP contribution is -2.27. The number of rotatable bonds is 4. The molecule has 3 N–H and O–H groups in total. The number of nitrogens with two attached hydrogens (primary N) is 1. The van der Waals surface area contributed by atoms with Crippen LogP contribution in [0.3, 0.4) is 0 Å². The maximum atomic E-state index is 13.4. The molecule has 4 aromatic heterocycles. The average molecular weight is 514 g/mol. The molecule has 10 nitrogen and oxygen atoms in total. The molecule has 0 radical (unpaired) electrons. The molecule has 1 atom stereocenters. The van der Waals surface area contributed by atoms with Crippen LogP contribution >= 0.6 is 0 Å². The lowest BCUT2D eigenvalue weighted by atomic mass is 9.92. The summed E-state index contributed by atoms with van der Waals surface area (Å²) in [6.07, 6.45) is 6.79. The van der Waals surface area contributed by atoms with Gasteiger partial charge in [0.2, 0.25) is 0 Å². The number of benzene rings is 2. The second-order valence-electron chi connectivity index (χ2n) is 9.05. The minimum absolute atomic E-state index is 0.113. The van der Waals surface area contributed by atoms with Crippen LogP contribution in [-0.2, 0) is 7.05 Å². The van der Waals surface area contributed by atoms with E-state index in [1.165, 1.54) is 4.52 Å². The van der Waals surface area contributed by atoms with Gasteiger partial charge in [-0.3, -0.25) is 9.48 Å². The van der Waals surface area contributed by atoms with Gasteiger partial charge in [-0.15, -0.1) is 5.10 Å². The quantitative estimate of drug-likeness (QED) is 0.345. The Morgan fingerprint density at radius 3 is 2.69 bits per heavy atom. The van der Waals surface area contributed by atoms with E-state index >= 15 is 0 Å². The van der Waals surface area contributed by atoms with Crippen molar-refractivity contribution in [3.63, 3.8) is 0 Å². The van der Waals surface area contributed by atoms with Gasteiger partial charge in [0, 0.05) is 31.0 Å². The number of nitrogens with one attached hydrogen (secondary N) is 1. The van der Waals surface area contributed by atoms with Crippen molar-refractivity contribution in [2.75, 3.05) is 5.73 Å². The highest BCUT2D eigenvalue weighted by atomic mass is 16.1. The number of anilines is 1. The summed E-state index contributed by atoms with van der Waals surface area (Å²) in [5.41, 5.74) is 11.6. The smallest absolute Gasteiger partial charge is 0.259 e. The zero-order valence-corrected chi connectivity index (χ0v) is 21.2. The van der Waals surface area contributed by atoms with Crippen molar-refractivity contribution in [3.05, 3.63) is 102 Å². The highest BCUT2D eigenvalue weighted by Gasteiger charge is 2.23. The molecule has 0 aliphatic heterocycles. The minimum atomic E-state index is -0.403. The van der Waals surface area contributed by atoms with Gasteiger partial charge in [0.1, 0.15) is 11.3 Å². The molecule has 39 heavy (non-hydrogen) atoms. The molecule has 0 aliphatic carbocycles. The summed E-state index contributed by atoms with van der Waals surface area (Å²) in [5.74, 6) is 6.04. The first-order valence-electron chi connectivity index (χ1n) is 12.2. The van der Waals surface area contributed by atoms with Crippen LogP contribution in [0.5, 0.6) is 0 Å². The number of amides is 1. The first-order chi connectivity index (χ1) is 19.0. The molecule has 0 fully saturated rings. The van der Waals surface area contributed by atoms with Gasteiger partial charge in [-0.1, -0.05) is 36.3 Å². The van der Waals surface area contributed by atoms with Gasteiger partial charge in [0.15, 0.2) is 11.5 Å². The lowest BCUT2D eigenvalue weighted by molar-refractivity contribution is 0.0942. The fourth-order valence-electron chi connectivity index (χ4n) is 4.53. The Bertz CT molecular complexity index is 1910. The van der Waals surface area contributed by atoms with E-state index < -0.39 is 6.04 Å². The number of aryl methyl sites for hydroxylation is 1.